The van der Waals surface area contributed by atoms with Crippen LogP contribution in [0.5, 0.6) is 23.0 Å². The van der Waals surface area contributed by atoms with Crippen molar-refractivity contribution in [3.05, 3.63) is 74.9 Å². The highest BCUT2D eigenvalue weighted by molar-refractivity contribution is 14.1. The van der Waals surface area contributed by atoms with Gasteiger partial charge in [0.25, 0.3) is 11.8 Å². The van der Waals surface area contributed by atoms with E-state index in [1.54, 1.807) is 30.3 Å². The number of hydrogen-bond acceptors (Lipinski definition) is 7. The monoisotopic (exact) mass is 645 g/mol. The van der Waals surface area contributed by atoms with Crippen molar-refractivity contribution in [2.75, 3.05) is 32.2 Å². The number of amides is 2. The third-order valence-electron chi connectivity index (χ3n) is 5.28. The second kappa shape index (κ2) is 15.0. The van der Waals surface area contributed by atoms with Gasteiger partial charge in [0.1, 0.15) is 0 Å². The summed E-state index contributed by atoms with van der Waals surface area (Å²) < 4.78 is 23.2. The van der Waals surface area contributed by atoms with Crippen LogP contribution in [0, 0.1) is 10.5 Å². The summed E-state index contributed by atoms with van der Waals surface area (Å²) in [5.41, 5.74) is 5.38. The molecule has 9 nitrogen and oxygen atoms in total. The second-order valence-corrected chi connectivity index (χ2v) is 9.54. The van der Waals surface area contributed by atoms with Crippen molar-refractivity contribution >= 4 is 46.3 Å². The smallest absolute Gasteiger partial charge is 0.271 e. The summed E-state index contributed by atoms with van der Waals surface area (Å²) in [5, 5.41) is 6.88. The van der Waals surface area contributed by atoms with Crippen molar-refractivity contribution < 1.29 is 28.5 Å². The maximum absolute atomic E-state index is 12.7. The van der Waals surface area contributed by atoms with Crippen molar-refractivity contribution in [3.8, 4) is 23.0 Å². The molecule has 0 saturated carbocycles. The number of carbonyl (C=O) groups excluding carboxylic acids is 2. The fraction of sp³-hybridized carbons (Fsp3) is 0.276. The molecule has 39 heavy (non-hydrogen) atoms. The SMILES string of the molecule is CCCOc1ccc(C(=O)N/N=C/c2cc(I)c(OCC(=O)Nc3ccc(C)cc3)c(OC)c2)cc1OCC. The molecule has 0 spiro atoms. The molecule has 3 aromatic rings. The lowest BCUT2D eigenvalue weighted by Gasteiger charge is -2.13. The lowest BCUT2D eigenvalue weighted by molar-refractivity contribution is -0.118. The van der Waals surface area contributed by atoms with Gasteiger partial charge in [0.05, 0.1) is 30.1 Å². The maximum Gasteiger partial charge on any atom is 0.271 e. The Morgan fingerprint density at radius 3 is 2.41 bits per heavy atom. The van der Waals surface area contributed by atoms with Crippen LogP contribution in [0.4, 0.5) is 5.69 Å². The van der Waals surface area contributed by atoms with Gasteiger partial charge in [-0.05, 0) is 90.9 Å². The number of halogens is 1. The second-order valence-electron chi connectivity index (χ2n) is 8.38. The van der Waals surface area contributed by atoms with Crippen LogP contribution < -0.4 is 29.7 Å². The van der Waals surface area contributed by atoms with E-state index in [1.165, 1.54) is 13.3 Å². The van der Waals surface area contributed by atoms with Crippen molar-refractivity contribution in [2.24, 2.45) is 5.10 Å². The number of ether oxygens (including phenoxy) is 4. The first-order valence-corrected chi connectivity index (χ1v) is 13.5. The molecular formula is C29H32IN3O6. The first kappa shape index (κ1) is 29.8. The molecular weight excluding hydrogens is 613 g/mol. The highest BCUT2D eigenvalue weighted by atomic mass is 127. The minimum atomic E-state index is -0.393. The van der Waals surface area contributed by atoms with Crippen LogP contribution >= 0.6 is 22.6 Å². The average Bonchev–Trinajstić information content (AvgIpc) is 2.92. The van der Waals surface area contributed by atoms with Crippen LogP contribution in [0.15, 0.2) is 59.7 Å². The van der Waals surface area contributed by atoms with Gasteiger partial charge in [-0.25, -0.2) is 5.43 Å². The lowest BCUT2D eigenvalue weighted by Crippen LogP contribution is -2.20. The number of carbonyl (C=O) groups is 2. The first-order chi connectivity index (χ1) is 18.8. The predicted octanol–water partition coefficient (Wildman–Crippen LogP) is 5.58. The lowest BCUT2D eigenvalue weighted by atomic mass is 10.2. The summed E-state index contributed by atoms with van der Waals surface area (Å²) in [6.45, 7) is 6.68. The zero-order chi connectivity index (χ0) is 28.2. The van der Waals surface area contributed by atoms with Crippen molar-refractivity contribution in [1.29, 1.82) is 0 Å². The van der Waals surface area contributed by atoms with E-state index in [1.807, 2.05) is 45.0 Å². The molecule has 0 aliphatic carbocycles. The Labute approximate surface area is 242 Å². The van der Waals surface area contributed by atoms with E-state index >= 15 is 0 Å². The van der Waals surface area contributed by atoms with Gasteiger partial charge in [-0.1, -0.05) is 24.6 Å². The highest BCUT2D eigenvalue weighted by Crippen LogP contribution is 2.33. The highest BCUT2D eigenvalue weighted by Gasteiger charge is 2.14. The summed E-state index contributed by atoms with van der Waals surface area (Å²) in [5.74, 6) is 1.28. The van der Waals surface area contributed by atoms with Crippen LogP contribution in [-0.2, 0) is 4.79 Å². The number of hydrogen-bond donors (Lipinski definition) is 2. The van der Waals surface area contributed by atoms with Crippen LogP contribution in [0.25, 0.3) is 0 Å². The quantitative estimate of drug-likeness (QED) is 0.143. The van der Waals surface area contributed by atoms with Gasteiger partial charge in [-0.3, -0.25) is 9.59 Å². The molecule has 2 amide bonds. The van der Waals surface area contributed by atoms with Crippen molar-refractivity contribution in [3.63, 3.8) is 0 Å². The Kier molecular flexibility index (Phi) is 11.4. The van der Waals surface area contributed by atoms with Gasteiger partial charge >= 0.3 is 0 Å². The fourth-order valence-corrected chi connectivity index (χ4v) is 4.19. The molecule has 0 aromatic heterocycles. The minimum absolute atomic E-state index is 0.185. The molecule has 0 unspecified atom stereocenters. The molecule has 0 fully saturated rings. The number of benzene rings is 3. The van der Waals surface area contributed by atoms with Gasteiger partial charge in [0, 0.05) is 11.3 Å². The van der Waals surface area contributed by atoms with Crippen LogP contribution in [-0.4, -0.2) is 45.0 Å². The fourth-order valence-electron chi connectivity index (χ4n) is 3.40. The molecule has 0 heterocycles. The largest absolute Gasteiger partial charge is 0.493 e. The molecule has 0 radical (unpaired) electrons. The summed E-state index contributed by atoms with van der Waals surface area (Å²) >= 11 is 2.10. The topological polar surface area (TPSA) is 107 Å². The molecule has 2 N–H and O–H groups in total. The zero-order valence-electron chi connectivity index (χ0n) is 22.4. The summed E-state index contributed by atoms with van der Waals surface area (Å²) in [6.07, 6.45) is 2.36. The van der Waals surface area contributed by atoms with Gasteiger partial charge in [-0.15, -0.1) is 0 Å². The molecule has 0 aliphatic heterocycles. The van der Waals surface area contributed by atoms with Crippen molar-refractivity contribution in [2.45, 2.75) is 27.2 Å². The van der Waals surface area contributed by atoms with Crippen LogP contribution in [0.3, 0.4) is 0 Å². The van der Waals surface area contributed by atoms with E-state index < -0.39 is 5.91 Å². The Bertz CT molecular complexity index is 1310. The molecule has 0 saturated heterocycles. The van der Waals surface area contributed by atoms with E-state index in [0.29, 0.717) is 56.6 Å². The number of nitrogens with zero attached hydrogens (tertiary/aromatic N) is 1. The summed E-state index contributed by atoms with van der Waals surface area (Å²) in [4.78, 5) is 25.0. The molecule has 206 valence electrons. The average molecular weight is 645 g/mol. The number of methoxy groups -OCH3 is 1. The molecule has 0 atom stereocenters. The van der Waals surface area contributed by atoms with Gasteiger partial charge in [0.15, 0.2) is 29.6 Å². The molecule has 0 bridgehead atoms. The Morgan fingerprint density at radius 1 is 0.949 bits per heavy atom. The number of aryl methyl sites for hydroxylation is 1. The first-order valence-electron chi connectivity index (χ1n) is 12.4. The molecule has 3 aromatic carbocycles. The number of nitrogens with one attached hydrogen (secondary N) is 2. The normalized spacial score (nSPS) is 10.7. The standard InChI is InChI=1S/C29H32IN3O6/c1-5-13-38-24-12-9-21(16-25(24)37-6-2)29(35)33-31-17-20-14-23(30)28(26(15-20)36-4)39-18-27(34)32-22-10-7-19(3)8-11-22/h7-12,14-17H,5-6,13,18H2,1-4H3,(H,32,34)(H,33,35)/b31-17+. The zero-order valence-corrected chi connectivity index (χ0v) is 24.5. The van der Waals surface area contributed by atoms with E-state index in [-0.39, 0.29) is 12.5 Å². The van der Waals surface area contributed by atoms with Gasteiger partial charge < -0.3 is 24.3 Å². The van der Waals surface area contributed by atoms with Crippen molar-refractivity contribution in [1.82, 2.24) is 5.43 Å². The number of hydrazone groups is 1. The molecule has 10 heteroatoms. The summed E-state index contributed by atoms with van der Waals surface area (Å²) in [7, 11) is 1.51. The van der Waals surface area contributed by atoms with E-state index in [9.17, 15) is 9.59 Å². The third kappa shape index (κ3) is 8.88. The molecule has 0 aliphatic rings. The Balaban J connectivity index is 1.63. The van der Waals surface area contributed by atoms with Gasteiger partial charge in [-0.2, -0.15) is 5.10 Å². The third-order valence-corrected chi connectivity index (χ3v) is 6.08. The van der Waals surface area contributed by atoms with E-state index in [0.717, 1.165) is 12.0 Å². The van der Waals surface area contributed by atoms with Gasteiger partial charge in [0.2, 0.25) is 0 Å². The molecule has 3 rings (SSSR count). The minimum Gasteiger partial charge on any atom is -0.493 e. The maximum atomic E-state index is 12.7. The Morgan fingerprint density at radius 2 is 1.72 bits per heavy atom. The van der Waals surface area contributed by atoms with E-state index in [4.69, 9.17) is 18.9 Å². The summed E-state index contributed by atoms with van der Waals surface area (Å²) in [6, 6.07) is 16.0. The predicted molar refractivity (Wildman–Crippen MR) is 159 cm³/mol. The number of rotatable bonds is 13. The number of anilines is 1. The van der Waals surface area contributed by atoms with Crippen LogP contribution in [0.2, 0.25) is 0 Å². The Hall–Kier alpha value is -3.80. The van der Waals surface area contributed by atoms with Crippen LogP contribution in [0.1, 0.15) is 41.8 Å². The van der Waals surface area contributed by atoms with E-state index in [2.05, 4.69) is 38.4 Å².